The number of Topliss-reactive ketones (excluding diaryl/α,β-unsaturated/α-hetero) is 1. The standard InChI is InChI=1S/C13H13N3O/c1-9(17)11-8-16(13-14-6-7-15-13)12-5-3-2-4-10(11)12/h2-5,8H,6-7H2,1H3,(H,14,15). The fraction of sp³-hybridized carbons (Fsp3) is 0.231. The summed E-state index contributed by atoms with van der Waals surface area (Å²) in [6, 6.07) is 7.89. The molecule has 2 aromatic rings. The third-order valence-electron chi connectivity index (χ3n) is 2.98. The molecule has 0 saturated heterocycles. The smallest absolute Gasteiger partial charge is 0.202 e. The molecule has 4 heteroatoms. The lowest BCUT2D eigenvalue weighted by molar-refractivity contribution is 0.101. The highest BCUT2D eigenvalue weighted by atomic mass is 16.1. The van der Waals surface area contributed by atoms with Gasteiger partial charge in [0.1, 0.15) is 0 Å². The van der Waals surface area contributed by atoms with Crippen molar-refractivity contribution in [2.45, 2.75) is 6.92 Å². The van der Waals surface area contributed by atoms with Crippen molar-refractivity contribution in [2.24, 2.45) is 4.99 Å². The summed E-state index contributed by atoms with van der Waals surface area (Å²) >= 11 is 0. The highest BCUT2D eigenvalue weighted by Gasteiger charge is 2.15. The molecule has 0 atom stereocenters. The van der Waals surface area contributed by atoms with Gasteiger partial charge in [0.2, 0.25) is 5.96 Å². The van der Waals surface area contributed by atoms with Crippen LogP contribution < -0.4 is 5.32 Å². The van der Waals surface area contributed by atoms with Gasteiger partial charge < -0.3 is 5.32 Å². The van der Waals surface area contributed by atoms with Gasteiger partial charge in [0.25, 0.3) is 0 Å². The van der Waals surface area contributed by atoms with Gasteiger partial charge in [0.15, 0.2) is 5.78 Å². The second-order valence-corrected chi connectivity index (χ2v) is 4.12. The molecule has 0 radical (unpaired) electrons. The first kappa shape index (κ1) is 10.1. The van der Waals surface area contributed by atoms with E-state index in [0.29, 0.717) is 0 Å². The maximum atomic E-state index is 11.6. The molecule has 1 aromatic carbocycles. The van der Waals surface area contributed by atoms with Crippen molar-refractivity contribution in [2.75, 3.05) is 13.1 Å². The summed E-state index contributed by atoms with van der Waals surface area (Å²) < 4.78 is 1.96. The number of para-hydroxylation sites is 1. The highest BCUT2D eigenvalue weighted by Crippen LogP contribution is 2.21. The molecule has 0 fully saturated rings. The number of nitrogens with one attached hydrogen (secondary N) is 1. The lowest BCUT2D eigenvalue weighted by Gasteiger charge is -2.04. The Hall–Kier alpha value is -2.10. The number of rotatable bonds is 1. The van der Waals surface area contributed by atoms with Crippen LogP contribution in [0.2, 0.25) is 0 Å². The van der Waals surface area contributed by atoms with E-state index in [1.54, 1.807) is 6.92 Å². The van der Waals surface area contributed by atoms with E-state index in [1.165, 1.54) is 0 Å². The van der Waals surface area contributed by atoms with Crippen LogP contribution in [-0.4, -0.2) is 29.4 Å². The van der Waals surface area contributed by atoms with E-state index in [4.69, 9.17) is 0 Å². The molecule has 86 valence electrons. The first-order valence-electron chi connectivity index (χ1n) is 5.67. The molecule has 1 aromatic heterocycles. The molecule has 0 unspecified atom stereocenters. The number of benzene rings is 1. The lowest BCUT2D eigenvalue weighted by Crippen LogP contribution is -2.25. The third-order valence-corrected chi connectivity index (χ3v) is 2.98. The van der Waals surface area contributed by atoms with Crippen molar-refractivity contribution >= 4 is 22.6 Å². The van der Waals surface area contributed by atoms with Crippen LogP contribution in [0.5, 0.6) is 0 Å². The molecule has 4 nitrogen and oxygen atoms in total. The molecule has 0 amide bonds. The van der Waals surface area contributed by atoms with E-state index < -0.39 is 0 Å². The molecule has 1 aliphatic rings. The fourth-order valence-corrected chi connectivity index (χ4v) is 2.18. The maximum Gasteiger partial charge on any atom is 0.202 e. The zero-order chi connectivity index (χ0) is 11.8. The summed E-state index contributed by atoms with van der Waals surface area (Å²) in [5.74, 6) is 0.909. The van der Waals surface area contributed by atoms with Crippen molar-refractivity contribution in [3.63, 3.8) is 0 Å². The maximum absolute atomic E-state index is 11.6. The van der Waals surface area contributed by atoms with Gasteiger partial charge in [-0.05, 0) is 13.0 Å². The molecular weight excluding hydrogens is 214 g/mol. The van der Waals surface area contributed by atoms with Gasteiger partial charge in [-0.2, -0.15) is 0 Å². The van der Waals surface area contributed by atoms with Crippen LogP contribution in [0.3, 0.4) is 0 Å². The number of carbonyl (C=O) groups is 1. The van der Waals surface area contributed by atoms with Gasteiger partial charge in [-0.15, -0.1) is 0 Å². The average Bonchev–Trinajstić information content (AvgIpc) is 2.95. The third kappa shape index (κ3) is 1.53. The fourth-order valence-electron chi connectivity index (χ4n) is 2.18. The topological polar surface area (TPSA) is 46.4 Å². The number of fused-ring (bicyclic) bond motifs is 1. The van der Waals surface area contributed by atoms with E-state index in [1.807, 2.05) is 35.0 Å². The zero-order valence-corrected chi connectivity index (χ0v) is 9.60. The van der Waals surface area contributed by atoms with Gasteiger partial charge >= 0.3 is 0 Å². The SMILES string of the molecule is CC(=O)c1cn(C2=NCCN2)c2ccccc12. The molecule has 0 aliphatic carbocycles. The predicted octanol–water partition coefficient (Wildman–Crippen LogP) is 1.65. The Labute approximate surface area is 99.0 Å². The van der Waals surface area contributed by atoms with Crippen molar-refractivity contribution in [3.05, 3.63) is 36.0 Å². The minimum atomic E-state index is 0.0820. The molecule has 0 spiro atoms. The molecule has 3 rings (SSSR count). The van der Waals surface area contributed by atoms with Crippen LogP contribution in [0.4, 0.5) is 0 Å². The number of carbonyl (C=O) groups excluding carboxylic acids is 1. The Bertz CT molecular complexity index is 625. The van der Waals surface area contributed by atoms with Gasteiger partial charge in [-0.25, -0.2) is 0 Å². The van der Waals surface area contributed by atoms with E-state index in [0.717, 1.165) is 35.5 Å². The van der Waals surface area contributed by atoms with Gasteiger partial charge in [0.05, 0.1) is 12.1 Å². The van der Waals surface area contributed by atoms with Crippen LogP contribution in [0.25, 0.3) is 10.9 Å². The van der Waals surface area contributed by atoms with Crippen LogP contribution in [0.15, 0.2) is 35.5 Å². The number of hydrogen-bond acceptors (Lipinski definition) is 3. The number of aliphatic imine (C=N–C) groups is 1. The number of ketones is 1. The molecule has 0 saturated carbocycles. The van der Waals surface area contributed by atoms with E-state index in [-0.39, 0.29) is 5.78 Å². The van der Waals surface area contributed by atoms with Gasteiger partial charge in [-0.1, -0.05) is 18.2 Å². The van der Waals surface area contributed by atoms with E-state index in [9.17, 15) is 4.79 Å². The quantitative estimate of drug-likeness (QED) is 0.753. The summed E-state index contributed by atoms with van der Waals surface area (Å²) in [5, 5.41) is 4.20. The normalized spacial score (nSPS) is 14.8. The summed E-state index contributed by atoms with van der Waals surface area (Å²) in [6.07, 6.45) is 1.87. The average molecular weight is 227 g/mol. The Kier molecular flexibility index (Phi) is 2.21. The number of aromatic nitrogens is 1. The van der Waals surface area contributed by atoms with Crippen molar-refractivity contribution < 1.29 is 4.79 Å². The summed E-state index contributed by atoms with van der Waals surface area (Å²) in [7, 11) is 0. The zero-order valence-electron chi connectivity index (χ0n) is 9.60. The van der Waals surface area contributed by atoms with Crippen LogP contribution in [0.1, 0.15) is 17.3 Å². The van der Waals surface area contributed by atoms with Gasteiger partial charge in [-0.3, -0.25) is 14.4 Å². The Balaban J connectivity index is 2.28. The minimum Gasteiger partial charge on any atom is -0.354 e. The molecule has 1 N–H and O–H groups in total. The van der Waals surface area contributed by atoms with Crippen LogP contribution >= 0.6 is 0 Å². The molecular formula is C13H13N3O. The first-order valence-corrected chi connectivity index (χ1v) is 5.67. The Morgan fingerprint density at radius 2 is 2.24 bits per heavy atom. The molecule has 1 aliphatic heterocycles. The van der Waals surface area contributed by atoms with Crippen molar-refractivity contribution in [1.82, 2.24) is 9.88 Å². The number of hydrogen-bond donors (Lipinski definition) is 1. The number of nitrogens with zero attached hydrogens (tertiary/aromatic N) is 2. The lowest BCUT2D eigenvalue weighted by atomic mass is 10.1. The Morgan fingerprint density at radius 3 is 2.94 bits per heavy atom. The minimum absolute atomic E-state index is 0.0820. The first-order chi connectivity index (χ1) is 8.27. The van der Waals surface area contributed by atoms with Gasteiger partial charge in [0, 0.05) is 23.7 Å². The highest BCUT2D eigenvalue weighted by molar-refractivity contribution is 6.09. The van der Waals surface area contributed by atoms with Crippen LogP contribution in [0, 0.1) is 0 Å². The van der Waals surface area contributed by atoms with Crippen molar-refractivity contribution in [3.8, 4) is 0 Å². The monoisotopic (exact) mass is 227 g/mol. The largest absolute Gasteiger partial charge is 0.354 e. The molecule has 0 bridgehead atoms. The predicted molar refractivity (Wildman–Crippen MR) is 67.6 cm³/mol. The molecule has 17 heavy (non-hydrogen) atoms. The van der Waals surface area contributed by atoms with E-state index in [2.05, 4.69) is 10.3 Å². The van der Waals surface area contributed by atoms with Crippen LogP contribution in [-0.2, 0) is 0 Å². The Morgan fingerprint density at radius 1 is 1.41 bits per heavy atom. The summed E-state index contributed by atoms with van der Waals surface area (Å²) in [6.45, 7) is 3.24. The second-order valence-electron chi connectivity index (χ2n) is 4.12. The second kappa shape index (κ2) is 3.73. The summed E-state index contributed by atoms with van der Waals surface area (Å²) in [5.41, 5.74) is 1.77. The van der Waals surface area contributed by atoms with Crippen molar-refractivity contribution in [1.29, 1.82) is 0 Å². The van der Waals surface area contributed by atoms with E-state index >= 15 is 0 Å². The molecule has 2 heterocycles. The summed E-state index contributed by atoms with van der Waals surface area (Å²) in [4.78, 5) is 16.0.